The van der Waals surface area contributed by atoms with Crippen molar-refractivity contribution in [2.45, 2.75) is 0 Å². The van der Waals surface area contributed by atoms with Gasteiger partial charge in [-0.2, -0.15) is 0 Å². The first-order valence-electron chi connectivity index (χ1n) is 4.62. The Morgan fingerprint density at radius 3 is 0.455 bits per heavy atom. The van der Waals surface area contributed by atoms with Crippen molar-refractivity contribution in [1.29, 1.82) is 0 Å². The molecule has 0 aliphatic carbocycles. The van der Waals surface area contributed by atoms with Crippen molar-refractivity contribution in [2.24, 2.45) is 0 Å². The number of hydrogen-bond donors (Lipinski definition) is 8. The quantitative estimate of drug-likeness (QED) is 0.194. The molecule has 0 rings (SSSR count). The molecule has 0 bridgehead atoms. The molecule has 0 aromatic carbocycles. The number of rotatable bonds is 0. The van der Waals surface area contributed by atoms with Gasteiger partial charge in [0.25, 0.3) is 0 Å². The second-order valence-corrected chi connectivity index (χ2v) is 10.0. The lowest BCUT2D eigenvalue weighted by Crippen LogP contribution is -1.64. The fraction of sp³-hybridized carbons (Fsp3) is 0.667. The molecule has 0 aromatic heterocycles. The molecule has 16 heteroatoms. The van der Waals surface area contributed by atoms with Crippen LogP contribution in [-0.4, -0.2) is 65.8 Å². The van der Waals surface area contributed by atoms with E-state index in [0.29, 0.717) is 0 Å². The minimum Gasteiger partial charge on any atom is -0.325 e. The van der Waals surface area contributed by atoms with Gasteiger partial charge in [-0.1, -0.05) is 0 Å². The zero-order valence-electron chi connectivity index (χ0n) is 12.4. The monoisotopic (exact) mass is 412 g/mol. The van der Waals surface area contributed by atoms with Crippen molar-refractivity contribution in [1.82, 2.24) is 0 Å². The maximum absolute atomic E-state index is 9.33. The summed E-state index contributed by atoms with van der Waals surface area (Å²) in [5.74, 6) is 0. The third-order valence-electron chi connectivity index (χ3n) is 0. The molecule has 0 spiro atoms. The summed E-state index contributed by atoms with van der Waals surface area (Å²) in [6, 6.07) is 0. The molecule has 0 aliphatic rings. The lowest BCUT2D eigenvalue weighted by molar-refractivity contribution is 0.379. The summed E-state index contributed by atoms with van der Waals surface area (Å²) in [6.45, 7) is 9.42. The smallest absolute Gasteiger partial charge is 0.322 e. The Labute approximate surface area is 128 Å². The molecule has 0 radical (unpaired) electrons. The van der Waals surface area contributed by atoms with Crippen molar-refractivity contribution in [3.63, 3.8) is 0 Å². The lowest BCUT2D eigenvalue weighted by atomic mass is 11.3. The largest absolute Gasteiger partial charge is 0.325 e. The van der Waals surface area contributed by atoms with Crippen LogP contribution in [0.3, 0.4) is 0 Å². The van der Waals surface area contributed by atoms with E-state index in [0.717, 1.165) is 26.7 Å². The van der Waals surface area contributed by atoms with Gasteiger partial charge in [0.15, 0.2) is 0 Å². The van der Waals surface area contributed by atoms with E-state index in [4.69, 9.17) is 39.1 Å². The van der Waals surface area contributed by atoms with Gasteiger partial charge in [0.1, 0.15) is 0 Å². The van der Waals surface area contributed by atoms with E-state index in [1.807, 2.05) is 0 Å². The van der Waals surface area contributed by atoms with Crippen LogP contribution < -0.4 is 0 Å². The maximum Gasteiger partial charge on any atom is 0.322 e. The summed E-state index contributed by atoms with van der Waals surface area (Å²) >= 11 is 0. The van der Waals surface area contributed by atoms with Gasteiger partial charge in [0, 0.05) is 26.7 Å². The molecule has 0 saturated heterocycles. The van der Waals surface area contributed by atoms with E-state index in [2.05, 4.69) is 13.2 Å². The molecule has 0 atom stereocenters. The summed E-state index contributed by atoms with van der Waals surface area (Å²) < 4.78 is 37.3. The highest BCUT2D eigenvalue weighted by Crippen LogP contribution is 2.27. The van der Waals surface area contributed by atoms with Crippen molar-refractivity contribution in [3.05, 3.63) is 13.2 Å². The molecule has 140 valence electrons. The first-order chi connectivity index (χ1) is 9.00. The van der Waals surface area contributed by atoms with E-state index in [9.17, 15) is 18.3 Å². The Balaban J connectivity index is -0.0000000562. The first kappa shape index (κ1) is 33.8. The van der Waals surface area contributed by atoms with Crippen LogP contribution in [0.1, 0.15) is 0 Å². The van der Waals surface area contributed by atoms with E-state index in [1.165, 1.54) is 0 Å². The molecule has 0 aromatic rings. The van der Waals surface area contributed by atoms with Crippen LogP contribution in [0.5, 0.6) is 0 Å². The Bertz CT molecular complexity index is 310. The zero-order valence-corrected chi connectivity index (χ0v) is 16.0. The van der Waals surface area contributed by atoms with Crippen LogP contribution in [0.4, 0.5) is 0 Å². The van der Waals surface area contributed by atoms with Gasteiger partial charge in [0.05, 0.1) is 0 Å². The average Bonchev–Trinajstić information content (AvgIpc) is 1.92. The van der Waals surface area contributed by atoms with E-state index >= 15 is 0 Å². The van der Waals surface area contributed by atoms with Crippen LogP contribution in [0.25, 0.3) is 0 Å². The van der Waals surface area contributed by atoms with Crippen molar-refractivity contribution >= 4 is 30.4 Å². The van der Waals surface area contributed by atoms with Gasteiger partial charge < -0.3 is 39.1 Å². The molecule has 0 aliphatic heterocycles. The first-order valence-corrected chi connectivity index (χ1v) is 12.9. The van der Waals surface area contributed by atoms with Gasteiger partial charge in [0.2, 0.25) is 0 Å². The van der Waals surface area contributed by atoms with Crippen LogP contribution >= 0.6 is 30.4 Å². The summed E-state index contributed by atoms with van der Waals surface area (Å²) in [7, 11) is -14.6. The summed E-state index contributed by atoms with van der Waals surface area (Å²) in [5, 5.41) is 0. The third kappa shape index (κ3) is 65800. The highest BCUT2D eigenvalue weighted by Gasteiger charge is 1.96. The fourth-order valence-electron chi connectivity index (χ4n) is 0. The van der Waals surface area contributed by atoms with Crippen molar-refractivity contribution < 1.29 is 57.4 Å². The standard InChI is InChI=1S/C2H4.4CH5O3P/c1-2;4*1-5(2,3)4/h1-2H2;4*1H3,(H2,2,3,4). The molecule has 0 amide bonds. The molecule has 0 heterocycles. The Morgan fingerprint density at radius 2 is 0.455 bits per heavy atom. The van der Waals surface area contributed by atoms with Crippen LogP contribution in [-0.2, 0) is 18.3 Å². The van der Waals surface area contributed by atoms with Gasteiger partial charge >= 0.3 is 30.4 Å². The topological polar surface area (TPSA) is 230 Å². The van der Waals surface area contributed by atoms with Gasteiger partial charge in [-0.25, -0.2) is 0 Å². The highest BCUT2D eigenvalue weighted by molar-refractivity contribution is 7.51. The second-order valence-electron chi connectivity index (χ2n) is 3.34. The Morgan fingerprint density at radius 1 is 0.455 bits per heavy atom. The van der Waals surface area contributed by atoms with Gasteiger partial charge in [-0.05, 0) is 0 Å². The predicted molar refractivity (Wildman–Crippen MR) is 83.1 cm³/mol. The van der Waals surface area contributed by atoms with Crippen molar-refractivity contribution in [2.75, 3.05) is 26.7 Å². The molecule has 12 nitrogen and oxygen atoms in total. The van der Waals surface area contributed by atoms with Crippen LogP contribution in [0, 0.1) is 0 Å². The maximum atomic E-state index is 9.33. The fourth-order valence-corrected chi connectivity index (χ4v) is 0. The molecule has 0 saturated carbocycles. The summed E-state index contributed by atoms with van der Waals surface area (Å²) in [6.07, 6.45) is 0. The zero-order chi connectivity index (χ0) is 20.0. The highest BCUT2D eigenvalue weighted by atomic mass is 31.2. The second kappa shape index (κ2) is 14.9. The molecule has 8 N–H and O–H groups in total. The molecular formula is C6H24O12P4. The molecule has 22 heavy (non-hydrogen) atoms. The van der Waals surface area contributed by atoms with Gasteiger partial charge in [-0.15, -0.1) is 13.2 Å². The Hall–Kier alpha value is 0.340. The average molecular weight is 412 g/mol. The van der Waals surface area contributed by atoms with Gasteiger partial charge in [-0.3, -0.25) is 18.3 Å². The molecule has 0 fully saturated rings. The summed E-state index contributed by atoms with van der Waals surface area (Å²) in [4.78, 5) is 61.1. The Kier molecular flexibility index (Phi) is 22.9. The number of hydrogen-bond acceptors (Lipinski definition) is 4. The van der Waals surface area contributed by atoms with E-state index in [1.54, 1.807) is 0 Å². The predicted octanol–water partition coefficient (Wildman–Crippen LogP) is -0.0222. The van der Waals surface area contributed by atoms with E-state index < -0.39 is 30.4 Å². The van der Waals surface area contributed by atoms with Crippen LogP contribution in [0.2, 0.25) is 0 Å². The lowest BCUT2D eigenvalue weighted by Gasteiger charge is -1.84. The summed E-state index contributed by atoms with van der Waals surface area (Å²) in [5.41, 5.74) is 0. The van der Waals surface area contributed by atoms with Crippen molar-refractivity contribution in [3.8, 4) is 0 Å². The normalized spacial score (nSPS) is 10.9. The van der Waals surface area contributed by atoms with Crippen LogP contribution in [0.15, 0.2) is 13.2 Å². The minimum absolute atomic E-state index is 0.854. The third-order valence-corrected chi connectivity index (χ3v) is 0. The van der Waals surface area contributed by atoms with E-state index in [-0.39, 0.29) is 0 Å². The minimum atomic E-state index is -3.64. The molecular weight excluding hydrogens is 388 g/mol. The SMILES string of the molecule is C=C.CP(=O)(O)O.CP(=O)(O)O.CP(=O)(O)O.CP(=O)(O)O. The molecule has 0 unspecified atom stereocenters.